The molecule has 0 unspecified atom stereocenters. The summed E-state index contributed by atoms with van der Waals surface area (Å²) in [7, 11) is 0. The highest BCUT2D eigenvalue weighted by Gasteiger charge is 2.29. The van der Waals surface area contributed by atoms with E-state index in [2.05, 4.69) is 109 Å². The minimum absolute atomic E-state index is 0.120. The molecular weight excluding hydrogens is 1400 g/mol. The van der Waals surface area contributed by atoms with Crippen LogP contribution in [0.1, 0.15) is 102 Å². The molecular formula is C82H79FN18O9. The maximum Gasteiger partial charge on any atom is 0.324 e. The third-order valence-corrected chi connectivity index (χ3v) is 17.3. The van der Waals surface area contributed by atoms with Crippen molar-refractivity contribution in [3.8, 4) is 51.6 Å². The van der Waals surface area contributed by atoms with Crippen molar-refractivity contribution in [1.82, 2.24) is 44.3 Å². The second-order valence-corrected chi connectivity index (χ2v) is 29.1. The Labute approximate surface area is 632 Å². The van der Waals surface area contributed by atoms with Gasteiger partial charge < -0.3 is 46.1 Å². The number of hydrogen-bond acceptors (Lipinski definition) is 15. The second-order valence-electron chi connectivity index (χ2n) is 29.1. The Morgan fingerprint density at radius 2 is 0.691 bits per heavy atom. The van der Waals surface area contributed by atoms with Gasteiger partial charge >= 0.3 is 18.1 Å². The van der Waals surface area contributed by atoms with Gasteiger partial charge in [0.1, 0.15) is 75.2 Å². The van der Waals surface area contributed by atoms with Gasteiger partial charge in [-0.25, -0.2) is 47.8 Å². The monoisotopic (exact) mass is 1480 g/mol. The number of nitrogens with zero attached hydrogens (tertiary/aromatic N) is 9. The number of aryl methyl sites for hydroxylation is 1. The normalized spacial score (nSPS) is 12.6. The van der Waals surface area contributed by atoms with Crippen LogP contribution in [0.15, 0.2) is 207 Å². The zero-order chi connectivity index (χ0) is 77.6. The summed E-state index contributed by atoms with van der Waals surface area (Å²) in [6, 6.07) is 53.8. The van der Waals surface area contributed by atoms with E-state index >= 15 is 0 Å². The molecule has 0 spiro atoms. The second kappa shape index (κ2) is 31.2. The minimum Gasteiger partial charge on any atom is -0.457 e. The summed E-state index contributed by atoms with van der Waals surface area (Å²) in [5.74, 6) is 5.44. The number of rotatable bonds is 15. The number of hydrogen-bond donors (Lipinski definition) is 9. The number of ether oxygens (including phenoxy) is 3. The molecule has 28 heteroatoms. The van der Waals surface area contributed by atoms with Crippen molar-refractivity contribution in [1.29, 1.82) is 0 Å². The maximum absolute atomic E-state index is 13.5. The van der Waals surface area contributed by atoms with Gasteiger partial charge in [0.15, 0.2) is 0 Å². The number of nitrogens with one attached hydrogen (secondary N) is 9. The summed E-state index contributed by atoms with van der Waals surface area (Å²) < 4.78 is 36.5. The lowest BCUT2D eigenvalue weighted by atomic mass is 9.92. The summed E-state index contributed by atoms with van der Waals surface area (Å²) in [4.78, 5) is 86.5. The molecule has 3 aliphatic rings. The smallest absolute Gasteiger partial charge is 0.324 e. The molecule has 9 amide bonds. The van der Waals surface area contributed by atoms with Crippen LogP contribution >= 0.6 is 0 Å². The van der Waals surface area contributed by atoms with E-state index in [9.17, 15) is 33.2 Å². The number of aromatic nitrogens is 9. The predicted molar refractivity (Wildman–Crippen MR) is 419 cm³/mol. The van der Waals surface area contributed by atoms with Gasteiger partial charge in [-0.3, -0.25) is 30.3 Å². The molecule has 3 aliphatic heterocycles. The zero-order valence-corrected chi connectivity index (χ0v) is 61.8. The van der Waals surface area contributed by atoms with Crippen molar-refractivity contribution in [2.24, 2.45) is 0 Å². The average molecular weight is 1480 g/mol. The Hall–Kier alpha value is -14.1. The third-order valence-electron chi connectivity index (χ3n) is 17.3. The SMILES string of the molecule is CC(C)(C)c1cc(NC(=O)Nc2cccc(Oc3ccnc4c3CC(=O)N4)c2)n(-c2ccc(F)cc2)n1.CC(C)(C)c1cc(NC(=O)Nc2cccc(Oc3ccnc4c3CC(=O)N4)c2)n(-c2ccccc2)n1.Cc1ccc(-n2nc(C(C)(C)C)cc2NC(=O)Nc2cccc(Oc3ccnc4c3CC(=O)N4)c2)cc1. The van der Waals surface area contributed by atoms with Crippen molar-refractivity contribution in [3.05, 3.63) is 252 Å². The van der Waals surface area contributed by atoms with Gasteiger partial charge in [-0.1, -0.05) is 116 Å². The number of anilines is 9. The van der Waals surface area contributed by atoms with E-state index in [0.29, 0.717) is 109 Å². The van der Waals surface area contributed by atoms with Gasteiger partial charge in [0.25, 0.3) is 0 Å². The van der Waals surface area contributed by atoms with Crippen molar-refractivity contribution in [2.45, 2.75) is 105 Å². The largest absolute Gasteiger partial charge is 0.457 e. The van der Waals surface area contributed by atoms with Crippen LogP contribution < -0.4 is 62.1 Å². The summed E-state index contributed by atoms with van der Waals surface area (Å²) in [5.41, 5.74) is 8.98. The number of carbonyl (C=O) groups excluding carboxylic acids is 6. The van der Waals surface area contributed by atoms with Gasteiger partial charge in [-0.15, -0.1) is 0 Å². The third kappa shape index (κ3) is 18.1. The summed E-state index contributed by atoms with van der Waals surface area (Å²) in [6.45, 7) is 20.5. The highest BCUT2D eigenvalue weighted by atomic mass is 19.1. The Morgan fingerprint density at radius 1 is 0.382 bits per heavy atom. The fourth-order valence-electron chi connectivity index (χ4n) is 11.6. The van der Waals surface area contributed by atoms with Gasteiger partial charge in [-0.05, 0) is 110 Å². The van der Waals surface area contributed by atoms with Crippen molar-refractivity contribution < 1.29 is 47.4 Å². The van der Waals surface area contributed by atoms with E-state index < -0.39 is 18.1 Å². The fraction of sp³-hybridized carbons (Fsp3) is 0.195. The predicted octanol–water partition coefficient (Wildman–Crippen LogP) is 16.9. The number of halogens is 1. The van der Waals surface area contributed by atoms with E-state index in [0.717, 1.165) is 34.0 Å². The standard InChI is InChI=1S/C28H28N6O3.C27H25FN6O3.C27H26N6O3/c1-17-8-10-19(11-9-17)34-24(16-23(33-34)28(2,3)4)31-27(36)30-18-6-5-7-20(14-18)37-22-12-13-29-26-21(22)15-25(35)32-26;1-27(2,3)22-15-23(34(33-22)18-9-7-16(28)8-10-18)31-26(36)30-17-5-4-6-19(13-17)37-21-11-12-29-25-20(21)14-24(35)32-25;1-27(2,3)22-16-23(33(32-22)18-9-5-4-6-10-18)30-26(35)29-17-8-7-11-19(14-17)36-21-12-13-28-25-20(21)15-24(34)31-25/h5-14,16H,15H2,1-4H3,(H,29,32,35)(H2,30,31,36);4-13,15H,14H2,1-3H3,(H,29,32,35)(H2,30,31,36);4-14,16H,15H2,1-3H3,(H,28,31,34)(H2,29,30,35). The Kier molecular flexibility index (Phi) is 21.0. The van der Waals surface area contributed by atoms with Crippen LogP contribution in [0.5, 0.6) is 34.5 Å². The Balaban J connectivity index is 0.000000145. The molecule has 0 saturated heterocycles. The first kappa shape index (κ1) is 74.2. The average Bonchev–Trinajstić information content (AvgIpc) is 1.67. The van der Waals surface area contributed by atoms with E-state index in [-0.39, 0.29) is 59.0 Å². The van der Waals surface area contributed by atoms with Crippen LogP contribution in [0.2, 0.25) is 0 Å². The molecule has 9 N–H and O–H groups in total. The number of pyridine rings is 3. The fourth-order valence-corrected chi connectivity index (χ4v) is 11.6. The molecule has 12 aromatic rings. The number of carbonyl (C=O) groups is 6. The lowest BCUT2D eigenvalue weighted by Crippen LogP contribution is -2.21. The molecule has 0 saturated carbocycles. The molecule has 6 aromatic heterocycles. The molecule has 558 valence electrons. The molecule has 0 aliphatic carbocycles. The topological polar surface area (TPSA) is 331 Å². The van der Waals surface area contributed by atoms with Crippen LogP contribution in [0.25, 0.3) is 17.1 Å². The van der Waals surface area contributed by atoms with E-state index in [4.69, 9.17) is 24.4 Å². The van der Waals surface area contributed by atoms with Crippen LogP contribution in [0.3, 0.4) is 0 Å². The molecule has 9 heterocycles. The number of para-hydroxylation sites is 1. The van der Waals surface area contributed by atoms with Gasteiger partial charge in [-0.2, -0.15) is 15.3 Å². The van der Waals surface area contributed by atoms with Gasteiger partial charge in [0.2, 0.25) is 17.7 Å². The van der Waals surface area contributed by atoms with Gasteiger partial charge in [0, 0.05) is 105 Å². The number of fused-ring (bicyclic) bond motifs is 3. The molecule has 27 nitrogen and oxygen atoms in total. The molecule has 0 fully saturated rings. The molecule has 0 radical (unpaired) electrons. The molecule has 0 atom stereocenters. The summed E-state index contributed by atoms with van der Waals surface area (Å²) in [6.07, 6.45) is 5.34. The van der Waals surface area contributed by atoms with Crippen LogP contribution in [-0.4, -0.2) is 80.1 Å². The quantitative estimate of drug-likeness (QED) is 0.0461. The van der Waals surface area contributed by atoms with E-state index in [1.807, 2.05) is 94.4 Å². The molecule has 0 bridgehead atoms. The molecule has 6 aromatic carbocycles. The number of urea groups is 3. The zero-order valence-electron chi connectivity index (χ0n) is 61.8. The maximum atomic E-state index is 13.5. The Morgan fingerprint density at radius 3 is 1.01 bits per heavy atom. The lowest BCUT2D eigenvalue weighted by Gasteiger charge is -2.14. The molecule has 15 rings (SSSR count). The Bertz CT molecular complexity index is 5260. The minimum atomic E-state index is -0.486. The summed E-state index contributed by atoms with van der Waals surface area (Å²) in [5, 5.41) is 39.4. The highest BCUT2D eigenvalue weighted by Crippen LogP contribution is 2.38. The van der Waals surface area contributed by atoms with Crippen molar-refractivity contribution >= 4 is 87.8 Å². The first-order chi connectivity index (χ1) is 52.6. The van der Waals surface area contributed by atoms with E-state index in [1.165, 1.54) is 12.1 Å². The first-order valence-electron chi connectivity index (χ1n) is 35.2. The van der Waals surface area contributed by atoms with Crippen molar-refractivity contribution in [3.63, 3.8) is 0 Å². The first-order valence-corrected chi connectivity index (χ1v) is 35.2. The molecule has 110 heavy (non-hydrogen) atoms. The van der Waals surface area contributed by atoms with Crippen LogP contribution in [0.4, 0.5) is 70.7 Å². The van der Waals surface area contributed by atoms with Crippen LogP contribution in [-0.2, 0) is 49.9 Å². The van der Waals surface area contributed by atoms with E-state index in [1.54, 1.807) is 142 Å². The van der Waals surface area contributed by atoms with Crippen molar-refractivity contribution in [2.75, 3.05) is 47.9 Å². The van der Waals surface area contributed by atoms with Crippen LogP contribution in [0, 0.1) is 12.7 Å². The highest BCUT2D eigenvalue weighted by molar-refractivity contribution is 6.03. The summed E-state index contributed by atoms with van der Waals surface area (Å²) >= 11 is 0. The lowest BCUT2D eigenvalue weighted by molar-refractivity contribution is -0.115. The number of benzene rings is 6. The number of amides is 9. The van der Waals surface area contributed by atoms with Gasteiger partial charge in [0.05, 0.1) is 53.4 Å².